The highest BCUT2D eigenvalue weighted by molar-refractivity contribution is 7.10. The number of rotatable bonds is 6. The van der Waals surface area contributed by atoms with Crippen LogP contribution in [0.5, 0.6) is 0 Å². The van der Waals surface area contributed by atoms with Crippen LogP contribution in [0.3, 0.4) is 0 Å². The molecule has 1 heterocycles. The zero-order valence-corrected chi connectivity index (χ0v) is 15.7. The first-order valence-corrected chi connectivity index (χ1v) is 8.87. The van der Waals surface area contributed by atoms with Crippen molar-refractivity contribution in [1.82, 2.24) is 10.2 Å². The maximum atomic E-state index is 12.3. The van der Waals surface area contributed by atoms with Gasteiger partial charge in [-0.2, -0.15) is 0 Å². The zero-order chi connectivity index (χ0) is 18.4. The van der Waals surface area contributed by atoms with Crippen LogP contribution < -0.4 is 16.0 Å². The normalized spacial score (nSPS) is 11.9. The van der Waals surface area contributed by atoms with Crippen LogP contribution in [-0.2, 0) is 4.79 Å². The number of anilines is 2. The van der Waals surface area contributed by atoms with Crippen molar-refractivity contribution in [2.75, 3.05) is 31.3 Å². The molecule has 1 aromatic heterocycles. The van der Waals surface area contributed by atoms with Crippen molar-refractivity contribution in [2.45, 2.75) is 19.9 Å². The Kier molecular flexibility index (Phi) is 6.55. The van der Waals surface area contributed by atoms with Crippen LogP contribution in [0.1, 0.15) is 23.4 Å². The third-order valence-corrected chi connectivity index (χ3v) is 4.73. The third kappa shape index (κ3) is 5.58. The number of benzene rings is 1. The van der Waals surface area contributed by atoms with Gasteiger partial charge in [-0.3, -0.25) is 4.79 Å². The highest BCUT2D eigenvalue weighted by Gasteiger charge is 2.16. The highest BCUT2D eigenvalue weighted by Crippen LogP contribution is 2.23. The molecule has 0 bridgehead atoms. The summed E-state index contributed by atoms with van der Waals surface area (Å²) in [4.78, 5) is 26.7. The van der Waals surface area contributed by atoms with Crippen molar-refractivity contribution in [2.24, 2.45) is 0 Å². The molecule has 1 aromatic carbocycles. The van der Waals surface area contributed by atoms with Gasteiger partial charge in [0, 0.05) is 29.7 Å². The van der Waals surface area contributed by atoms with Crippen LogP contribution in [0.15, 0.2) is 35.7 Å². The van der Waals surface area contributed by atoms with E-state index in [1.807, 2.05) is 38.5 Å². The van der Waals surface area contributed by atoms with E-state index >= 15 is 0 Å². The molecule has 3 N–H and O–H groups in total. The molecule has 1 atom stereocenters. The molecule has 7 heteroatoms. The summed E-state index contributed by atoms with van der Waals surface area (Å²) in [6.07, 6.45) is 0. The van der Waals surface area contributed by atoms with Crippen LogP contribution in [0.4, 0.5) is 16.2 Å². The molecule has 0 saturated carbocycles. The molecule has 134 valence electrons. The largest absolute Gasteiger partial charge is 0.336 e. The number of hydrogen-bond acceptors (Lipinski definition) is 4. The summed E-state index contributed by atoms with van der Waals surface area (Å²) in [7, 11) is 3.98. The van der Waals surface area contributed by atoms with Crippen molar-refractivity contribution in [3.8, 4) is 0 Å². The lowest BCUT2D eigenvalue weighted by Crippen LogP contribution is -2.36. The van der Waals surface area contributed by atoms with E-state index in [9.17, 15) is 9.59 Å². The summed E-state index contributed by atoms with van der Waals surface area (Å²) in [5.41, 5.74) is 2.24. The first-order valence-electron chi connectivity index (χ1n) is 7.99. The number of carbonyl (C=O) groups is 2. The molecule has 0 aliphatic carbocycles. The second-order valence-electron chi connectivity index (χ2n) is 6.04. The van der Waals surface area contributed by atoms with E-state index in [-0.39, 0.29) is 18.0 Å². The summed E-state index contributed by atoms with van der Waals surface area (Å²) in [6, 6.07) is 9.33. The average Bonchev–Trinajstić information content (AvgIpc) is 3.04. The lowest BCUT2D eigenvalue weighted by Gasteiger charge is -2.23. The monoisotopic (exact) mass is 360 g/mol. The molecule has 0 aliphatic heterocycles. The SMILES string of the molecule is CC(=O)Nc1ccc(C)c(NC(=O)NCC(c2cccs2)N(C)C)c1. The Bertz CT molecular complexity index is 729. The van der Waals surface area contributed by atoms with Gasteiger partial charge >= 0.3 is 6.03 Å². The van der Waals surface area contributed by atoms with Gasteiger partial charge in [-0.15, -0.1) is 11.3 Å². The molecule has 2 rings (SSSR count). The summed E-state index contributed by atoms with van der Waals surface area (Å²) in [6.45, 7) is 3.86. The van der Waals surface area contributed by atoms with E-state index in [4.69, 9.17) is 0 Å². The summed E-state index contributed by atoms with van der Waals surface area (Å²) >= 11 is 1.67. The number of urea groups is 1. The van der Waals surface area contributed by atoms with Gasteiger partial charge in [0.15, 0.2) is 0 Å². The van der Waals surface area contributed by atoms with Crippen LogP contribution in [0.2, 0.25) is 0 Å². The standard InChI is InChI=1S/C18H24N4O2S/c1-12-7-8-14(20-13(2)23)10-15(12)21-18(24)19-11-16(22(3)4)17-6-5-9-25-17/h5-10,16H,11H2,1-4H3,(H,20,23)(H2,19,21,24). The number of thiophene rings is 1. The minimum absolute atomic E-state index is 0.123. The van der Waals surface area contributed by atoms with Crippen LogP contribution in [0.25, 0.3) is 0 Å². The summed E-state index contributed by atoms with van der Waals surface area (Å²) < 4.78 is 0. The topological polar surface area (TPSA) is 73.5 Å². The molecule has 3 amide bonds. The van der Waals surface area contributed by atoms with Gasteiger partial charge in [-0.25, -0.2) is 4.79 Å². The molecule has 0 radical (unpaired) electrons. The van der Waals surface area contributed by atoms with Crippen LogP contribution >= 0.6 is 11.3 Å². The van der Waals surface area contributed by atoms with Crippen LogP contribution in [0, 0.1) is 6.92 Å². The summed E-state index contributed by atoms with van der Waals surface area (Å²) in [5, 5.41) is 10.5. The second-order valence-corrected chi connectivity index (χ2v) is 7.02. The van der Waals surface area contributed by atoms with Crippen molar-refractivity contribution < 1.29 is 9.59 Å². The molecule has 0 saturated heterocycles. The van der Waals surface area contributed by atoms with Gasteiger partial charge in [0.1, 0.15) is 0 Å². The predicted octanol–water partition coefficient (Wildman–Crippen LogP) is 3.44. The van der Waals surface area contributed by atoms with Gasteiger partial charge in [0.2, 0.25) is 5.91 Å². The van der Waals surface area contributed by atoms with E-state index in [0.29, 0.717) is 17.9 Å². The first kappa shape index (κ1) is 19.0. The fraction of sp³-hybridized carbons (Fsp3) is 0.333. The fourth-order valence-electron chi connectivity index (χ4n) is 2.41. The van der Waals surface area contributed by atoms with Gasteiger partial charge in [0.05, 0.1) is 6.04 Å². The predicted molar refractivity (Wildman–Crippen MR) is 103 cm³/mol. The molecule has 2 aromatic rings. The lowest BCUT2D eigenvalue weighted by molar-refractivity contribution is -0.114. The molecule has 25 heavy (non-hydrogen) atoms. The van der Waals surface area contributed by atoms with Crippen molar-refractivity contribution in [1.29, 1.82) is 0 Å². The molecule has 0 spiro atoms. The second kappa shape index (κ2) is 8.64. The minimum Gasteiger partial charge on any atom is -0.336 e. The molecule has 1 unspecified atom stereocenters. The van der Waals surface area contributed by atoms with E-state index in [2.05, 4.69) is 26.9 Å². The van der Waals surface area contributed by atoms with Gasteiger partial charge in [-0.1, -0.05) is 12.1 Å². The number of carbonyl (C=O) groups excluding carboxylic acids is 2. The van der Waals surface area contributed by atoms with Crippen molar-refractivity contribution in [3.63, 3.8) is 0 Å². The Labute approximate surface area is 152 Å². The van der Waals surface area contributed by atoms with Gasteiger partial charge < -0.3 is 20.9 Å². The molecule has 0 fully saturated rings. The van der Waals surface area contributed by atoms with Gasteiger partial charge in [0.25, 0.3) is 0 Å². The van der Waals surface area contributed by atoms with Crippen molar-refractivity contribution >= 4 is 34.6 Å². The number of nitrogens with one attached hydrogen (secondary N) is 3. The number of amides is 3. The van der Waals surface area contributed by atoms with E-state index in [1.54, 1.807) is 23.5 Å². The smallest absolute Gasteiger partial charge is 0.319 e. The number of likely N-dealkylation sites (N-methyl/N-ethyl adjacent to an activating group) is 1. The number of hydrogen-bond donors (Lipinski definition) is 3. The number of aryl methyl sites for hydroxylation is 1. The van der Waals surface area contributed by atoms with E-state index in [0.717, 1.165) is 5.56 Å². The minimum atomic E-state index is -0.272. The molecular weight excluding hydrogens is 336 g/mol. The Hall–Kier alpha value is -2.38. The number of nitrogens with zero attached hydrogens (tertiary/aromatic N) is 1. The highest BCUT2D eigenvalue weighted by atomic mass is 32.1. The van der Waals surface area contributed by atoms with E-state index in [1.165, 1.54) is 11.8 Å². The fourth-order valence-corrected chi connectivity index (χ4v) is 3.33. The molecule has 6 nitrogen and oxygen atoms in total. The lowest BCUT2D eigenvalue weighted by atomic mass is 10.2. The quantitative estimate of drug-likeness (QED) is 0.739. The molecule has 0 aliphatic rings. The zero-order valence-electron chi connectivity index (χ0n) is 14.9. The van der Waals surface area contributed by atoms with Crippen LogP contribution in [-0.4, -0.2) is 37.5 Å². The Morgan fingerprint density at radius 3 is 2.56 bits per heavy atom. The molecular formula is C18H24N4O2S. The average molecular weight is 360 g/mol. The van der Waals surface area contributed by atoms with E-state index < -0.39 is 0 Å². The maximum absolute atomic E-state index is 12.3. The Morgan fingerprint density at radius 1 is 1.20 bits per heavy atom. The Morgan fingerprint density at radius 2 is 1.96 bits per heavy atom. The maximum Gasteiger partial charge on any atom is 0.319 e. The third-order valence-electron chi connectivity index (χ3n) is 3.76. The van der Waals surface area contributed by atoms with Gasteiger partial charge in [-0.05, 0) is 50.2 Å². The van der Waals surface area contributed by atoms with Crippen molar-refractivity contribution in [3.05, 3.63) is 46.2 Å². The Balaban J connectivity index is 1.99. The summed E-state index contributed by atoms with van der Waals surface area (Å²) in [5.74, 6) is -0.149. The first-order chi connectivity index (χ1) is 11.9.